The van der Waals surface area contributed by atoms with Crippen LogP contribution in [-0.4, -0.2) is 9.58 Å². The summed E-state index contributed by atoms with van der Waals surface area (Å²) in [5.74, 6) is 1.01. The van der Waals surface area contributed by atoms with E-state index in [1.54, 1.807) is 0 Å². The van der Waals surface area contributed by atoms with E-state index in [4.69, 9.17) is 4.52 Å². The van der Waals surface area contributed by atoms with Gasteiger partial charge in [0.1, 0.15) is 5.76 Å². The number of alkyl halides is 1. The van der Waals surface area contributed by atoms with E-state index in [0.717, 1.165) is 17.9 Å². The standard InChI is InChI=1S/C7H10INO/c1-6-5-7(10-9-6)3-2-4-8/h5H,2-4H2,1H3. The zero-order valence-corrected chi connectivity index (χ0v) is 8.09. The summed E-state index contributed by atoms with van der Waals surface area (Å²) in [5.41, 5.74) is 0.975. The van der Waals surface area contributed by atoms with E-state index >= 15 is 0 Å². The van der Waals surface area contributed by atoms with Gasteiger partial charge in [-0.3, -0.25) is 0 Å². The molecule has 2 nitrogen and oxygen atoms in total. The molecule has 0 radical (unpaired) electrons. The zero-order chi connectivity index (χ0) is 7.40. The first-order valence-electron chi connectivity index (χ1n) is 3.31. The van der Waals surface area contributed by atoms with Crippen LogP contribution in [0.25, 0.3) is 0 Å². The third kappa shape index (κ3) is 2.28. The van der Waals surface area contributed by atoms with Crippen molar-refractivity contribution < 1.29 is 4.52 Å². The third-order valence-corrected chi connectivity index (χ3v) is 2.00. The lowest BCUT2D eigenvalue weighted by Gasteiger charge is -1.87. The van der Waals surface area contributed by atoms with Crippen LogP contribution in [-0.2, 0) is 6.42 Å². The van der Waals surface area contributed by atoms with Crippen LogP contribution < -0.4 is 0 Å². The number of nitrogens with zero attached hydrogens (tertiary/aromatic N) is 1. The molecule has 0 bridgehead atoms. The van der Waals surface area contributed by atoms with Crippen LogP contribution in [0.1, 0.15) is 17.9 Å². The molecule has 0 saturated carbocycles. The van der Waals surface area contributed by atoms with Gasteiger partial charge in [-0.05, 0) is 17.8 Å². The van der Waals surface area contributed by atoms with Gasteiger partial charge in [-0.25, -0.2) is 0 Å². The Morgan fingerprint density at radius 1 is 1.70 bits per heavy atom. The summed E-state index contributed by atoms with van der Waals surface area (Å²) in [6, 6.07) is 1.99. The fraction of sp³-hybridized carbons (Fsp3) is 0.571. The van der Waals surface area contributed by atoms with Gasteiger partial charge in [-0.2, -0.15) is 0 Å². The fourth-order valence-corrected chi connectivity index (χ4v) is 1.16. The molecule has 0 saturated heterocycles. The van der Waals surface area contributed by atoms with Crippen molar-refractivity contribution in [1.82, 2.24) is 5.16 Å². The molecular weight excluding hydrogens is 241 g/mol. The Labute approximate surface area is 74.1 Å². The Balaban J connectivity index is 2.42. The van der Waals surface area contributed by atoms with Gasteiger partial charge in [-0.15, -0.1) is 0 Å². The van der Waals surface area contributed by atoms with Crippen molar-refractivity contribution in [2.24, 2.45) is 0 Å². The highest BCUT2D eigenvalue weighted by Crippen LogP contribution is 2.05. The summed E-state index contributed by atoms with van der Waals surface area (Å²) in [6.07, 6.45) is 2.19. The largest absolute Gasteiger partial charge is 0.361 e. The first kappa shape index (κ1) is 8.04. The highest BCUT2D eigenvalue weighted by Gasteiger charge is 1.97. The molecule has 0 N–H and O–H groups in total. The van der Waals surface area contributed by atoms with Crippen LogP contribution >= 0.6 is 22.6 Å². The predicted molar refractivity (Wildman–Crippen MR) is 48.4 cm³/mol. The molecule has 0 atom stereocenters. The molecule has 0 amide bonds. The van der Waals surface area contributed by atoms with Crippen molar-refractivity contribution in [3.8, 4) is 0 Å². The van der Waals surface area contributed by atoms with E-state index in [0.29, 0.717) is 0 Å². The summed E-state index contributed by atoms with van der Waals surface area (Å²) in [6.45, 7) is 1.94. The molecule has 1 aromatic heterocycles. The van der Waals surface area contributed by atoms with Crippen LogP contribution in [0.4, 0.5) is 0 Å². The van der Waals surface area contributed by atoms with Gasteiger partial charge in [-0.1, -0.05) is 27.7 Å². The van der Waals surface area contributed by atoms with Crippen LogP contribution in [0, 0.1) is 6.92 Å². The molecule has 56 valence electrons. The van der Waals surface area contributed by atoms with Gasteiger partial charge in [0.25, 0.3) is 0 Å². The number of aromatic nitrogens is 1. The van der Waals surface area contributed by atoms with E-state index in [1.807, 2.05) is 13.0 Å². The maximum Gasteiger partial charge on any atom is 0.137 e. The molecule has 0 aliphatic carbocycles. The lowest BCUT2D eigenvalue weighted by atomic mass is 10.2. The van der Waals surface area contributed by atoms with E-state index < -0.39 is 0 Å². The zero-order valence-electron chi connectivity index (χ0n) is 5.93. The number of aryl methyl sites for hydroxylation is 2. The fourth-order valence-electron chi connectivity index (χ4n) is 0.775. The Kier molecular flexibility index (Phi) is 3.18. The quantitative estimate of drug-likeness (QED) is 0.608. The third-order valence-electron chi connectivity index (χ3n) is 1.23. The summed E-state index contributed by atoms with van der Waals surface area (Å²) in [4.78, 5) is 0. The molecule has 0 aliphatic heterocycles. The smallest absolute Gasteiger partial charge is 0.137 e. The summed E-state index contributed by atoms with van der Waals surface area (Å²) >= 11 is 2.36. The Bertz CT molecular complexity index is 197. The van der Waals surface area contributed by atoms with E-state index in [9.17, 15) is 0 Å². The normalized spacial score (nSPS) is 10.2. The average Bonchev–Trinajstić information content (AvgIpc) is 2.31. The van der Waals surface area contributed by atoms with E-state index in [-0.39, 0.29) is 0 Å². The van der Waals surface area contributed by atoms with Gasteiger partial charge in [0.05, 0.1) is 5.69 Å². The minimum atomic E-state index is 0.975. The maximum atomic E-state index is 5.01. The monoisotopic (exact) mass is 251 g/mol. The SMILES string of the molecule is Cc1cc(CCCI)on1. The number of rotatable bonds is 3. The van der Waals surface area contributed by atoms with Gasteiger partial charge in [0.2, 0.25) is 0 Å². The predicted octanol–water partition coefficient (Wildman–Crippen LogP) is 2.35. The molecule has 0 unspecified atom stereocenters. The Morgan fingerprint density at radius 2 is 2.50 bits per heavy atom. The molecule has 0 aromatic carbocycles. The Morgan fingerprint density at radius 3 is 3.00 bits per heavy atom. The maximum absolute atomic E-state index is 5.01. The number of hydrogen-bond donors (Lipinski definition) is 0. The van der Waals surface area contributed by atoms with Crippen molar-refractivity contribution in [3.05, 3.63) is 17.5 Å². The lowest BCUT2D eigenvalue weighted by Crippen LogP contribution is -1.80. The number of halogens is 1. The van der Waals surface area contributed by atoms with Crippen molar-refractivity contribution in [2.75, 3.05) is 4.43 Å². The number of hydrogen-bond acceptors (Lipinski definition) is 2. The lowest BCUT2D eigenvalue weighted by molar-refractivity contribution is 0.379. The molecule has 0 fully saturated rings. The van der Waals surface area contributed by atoms with Crippen molar-refractivity contribution >= 4 is 22.6 Å². The van der Waals surface area contributed by atoms with Gasteiger partial charge in [0.15, 0.2) is 0 Å². The molecule has 3 heteroatoms. The summed E-state index contributed by atoms with van der Waals surface area (Å²) < 4.78 is 6.19. The van der Waals surface area contributed by atoms with Crippen LogP contribution in [0.15, 0.2) is 10.6 Å². The summed E-state index contributed by atoms with van der Waals surface area (Å²) in [7, 11) is 0. The average molecular weight is 251 g/mol. The van der Waals surface area contributed by atoms with Gasteiger partial charge >= 0.3 is 0 Å². The molecule has 1 aromatic rings. The molecule has 0 spiro atoms. The molecule has 1 heterocycles. The highest BCUT2D eigenvalue weighted by atomic mass is 127. The summed E-state index contributed by atoms with van der Waals surface area (Å²) in [5, 5.41) is 3.79. The van der Waals surface area contributed by atoms with Crippen LogP contribution in [0.2, 0.25) is 0 Å². The van der Waals surface area contributed by atoms with E-state index in [2.05, 4.69) is 27.7 Å². The molecule has 0 aliphatic rings. The minimum absolute atomic E-state index is 0.975. The first-order chi connectivity index (χ1) is 4.83. The van der Waals surface area contributed by atoms with Gasteiger partial charge in [0, 0.05) is 12.5 Å². The van der Waals surface area contributed by atoms with Crippen LogP contribution in [0.3, 0.4) is 0 Å². The van der Waals surface area contributed by atoms with Crippen molar-refractivity contribution in [2.45, 2.75) is 19.8 Å². The molecule has 1 rings (SSSR count). The second kappa shape index (κ2) is 3.95. The van der Waals surface area contributed by atoms with Gasteiger partial charge < -0.3 is 4.52 Å². The second-order valence-electron chi connectivity index (χ2n) is 2.23. The molecule has 10 heavy (non-hydrogen) atoms. The Hall–Kier alpha value is -0.0600. The van der Waals surface area contributed by atoms with Crippen LogP contribution in [0.5, 0.6) is 0 Å². The van der Waals surface area contributed by atoms with Crippen molar-refractivity contribution in [3.63, 3.8) is 0 Å². The first-order valence-corrected chi connectivity index (χ1v) is 4.83. The highest BCUT2D eigenvalue weighted by molar-refractivity contribution is 14.1. The van der Waals surface area contributed by atoms with Crippen molar-refractivity contribution in [1.29, 1.82) is 0 Å². The topological polar surface area (TPSA) is 26.0 Å². The second-order valence-corrected chi connectivity index (χ2v) is 3.31. The minimum Gasteiger partial charge on any atom is -0.361 e. The van der Waals surface area contributed by atoms with E-state index in [1.165, 1.54) is 10.8 Å². The molecular formula is C7H10INO.